The average Bonchev–Trinajstić information content (AvgIpc) is 2.37. The Hall–Kier alpha value is -0.610. The van der Waals surface area contributed by atoms with Crippen molar-refractivity contribution in [1.29, 1.82) is 0 Å². The molecule has 0 saturated carbocycles. The standard InChI is InChI=1S/C15H25N3S/c1-10(2)19-9-15-17-11(3)13-7-12(8-16-4)5-6-14(13)18-15/h10,12,16H,5-9H2,1-4H3. The van der Waals surface area contributed by atoms with Crippen molar-refractivity contribution in [2.45, 2.75) is 51.0 Å². The van der Waals surface area contributed by atoms with Crippen molar-refractivity contribution in [2.24, 2.45) is 5.92 Å². The third-order valence-electron chi connectivity index (χ3n) is 3.67. The van der Waals surface area contributed by atoms with Crippen LogP contribution in [0.5, 0.6) is 0 Å². The van der Waals surface area contributed by atoms with Crippen LogP contribution in [0.1, 0.15) is 43.0 Å². The Morgan fingerprint density at radius 3 is 2.84 bits per heavy atom. The predicted molar refractivity (Wildman–Crippen MR) is 82.6 cm³/mol. The highest BCUT2D eigenvalue weighted by molar-refractivity contribution is 7.99. The van der Waals surface area contributed by atoms with E-state index in [2.05, 4.69) is 26.1 Å². The van der Waals surface area contributed by atoms with Crippen LogP contribution in [0.2, 0.25) is 0 Å². The van der Waals surface area contributed by atoms with E-state index in [1.165, 1.54) is 23.4 Å². The number of hydrogen-bond donors (Lipinski definition) is 1. The predicted octanol–water partition coefficient (Wildman–Crippen LogP) is 2.75. The minimum absolute atomic E-state index is 0.639. The second kappa shape index (κ2) is 6.71. The second-order valence-corrected chi connectivity index (χ2v) is 7.24. The zero-order valence-corrected chi connectivity index (χ0v) is 13.3. The molecule has 1 atom stereocenters. The number of aryl methyl sites for hydroxylation is 2. The first-order valence-corrected chi connectivity index (χ1v) is 8.26. The maximum Gasteiger partial charge on any atom is 0.138 e. The molecule has 0 aromatic carbocycles. The van der Waals surface area contributed by atoms with Gasteiger partial charge in [-0.3, -0.25) is 0 Å². The number of nitrogens with zero attached hydrogens (tertiary/aromatic N) is 2. The van der Waals surface area contributed by atoms with Crippen molar-refractivity contribution >= 4 is 11.8 Å². The minimum Gasteiger partial charge on any atom is -0.319 e. The molecule has 4 heteroatoms. The zero-order valence-electron chi connectivity index (χ0n) is 12.5. The number of hydrogen-bond acceptors (Lipinski definition) is 4. The minimum atomic E-state index is 0.639. The van der Waals surface area contributed by atoms with E-state index in [0.29, 0.717) is 5.25 Å². The highest BCUT2D eigenvalue weighted by Gasteiger charge is 2.22. The fourth-order valence-electron chi connectivity index (χ4n) is 2.69. The first kappa shape index (κ1) is 14.8. The molecule has 1 heterocycles. The molecule has 0 saturated heterocycles. The summed E-state index contributed by atoms with van der Waals surface area (Å²) < 4.78 is 0. The molecule has 0 bridgehead atoms. The van der Waals surface area contributed by atoms with E-state index >= 15 is 0 Å². The lowest BCUT2D eigenvalue weighted by atomic mass is 9.86. The number of rotatable bonds is 5. The molecule has 0 fully saturated rings. The van der Waals surface area contributed by atoms with Gasteiger partial charge < -0.3 is 5.32 Å². The molecule has 1 aromatic heterocycles. The molecule has 0 amide bonds. The molecular weight excluding hydrogens is 254 g/mol. The number of fused-ring (bicyclic) bond motifs is 1. The highest BCUT2D eigenvalue weighted by atomic mass is 32.2. The van der Waals surface area contributed by atoms with Gasteiger partial charge in [0, 0.05) is 11.4 Å². The lowest BCUT2D eigenvalue weighted by molar-refractivity contribution is 0.432. The number of thioether (sulfide) groups is 1. The van der Waals surface area contributed by atoms with Crippen molar-refractivity contribution in [2.75, 3.05) is 13.6 Å². The van der Waals surface area contributed by atoms with Crippen LogP contribution in [0.25, 0.3) is 0 Å². The first-order valence-electron chi connectivity index (χ1n) is 7.21. The van der Waals surface area contributed by atoms with Crippen LogP contribution < -0.4 is 5.32 Å². The van der Waals surface area contributed by atoms with Gasteiger partial charge >= 0.3 is 0 Å². The third-order valence-corrected chi connectivity index (χ3v) is 4.76. The van der Waals surface area contributed by atoms with Crippen molar-refractivity contribution in [3.05, 3.63) is 22.8 Å². The van der Waals surface area contributed by atoms with E-state index in [4.69, 9.17) is 9.97 Å². The fourth-order valence-corrected chi connectivity index (χ4v) is 3.30. The van der Waals surface area contributed by atoms with E-state index in [9.17, 15) is 0 Å². The molecule has 0 spiro atoms. The van der Waals surface area contributed by atoms with Crippen molar-refractivity contribution in [1.82, 2.24) is 15.3 Å². The molecule has 1 aliphatic carbocycles. The van der Waals surface area contributed by atoms with E-state index in [1.54, 1.807) is 0 Å². The first-order chi connectivity index (χ1) is 9.10. The average molecular weight is 279 g/mol. The van der Waals surface area contributed by atoms with E-state index < -0.39 is 0 Å². The molecule has 0 radical (unpaired) electrons. The molecule has 3 nitrogen and oxygen atoms in total. The van der Waals surface area contributed by atoms with Crippen molar-refractivity contribution in [3.63, 3.8) is 0 Å². The zero-order chi connectivity index (χ0) is 13.8. The van der Waals surface area contributed by atoms with Crippen LogP contribution in [-0.4, -0.2) is 28.8 Å². The lowest BCUT2D eigenvalue weighted by Crippen LogP contribution is -2.26. The molecule has 0 aliphatic heterocycles. The highest BCUT2D eigenvalue weighted by Crippen LogP contribution is 2.26. The van der Waals surface area contributed by atoms with Crippen LogP contribution in [0, 0.1) is 12.8 Å². The normalized spacial score (nSPS) is 18.7. The Balaban J connectivity index is 2.12. The maximum absolute atomic E-state index is 4.79. The van der Waals surface area contributed by atoms with Gasteiger partial charge in [-0.05, 0) is 56.5 Å². The van der Waals surface area contributed by atoms with E-state index in [0.717, 1.165) is 36.9 Å². The molecule has 19 heavy (non-hydrogen) atoms. The molecule has 1 aromatic rings. The molecule has 1 unspecified atom stereocenters. The second-order valence-electron chi connectivity index (χ2n) is 5.68. The summed E-state index contributed by atoms with van der Waals surface area (Å²) in [6.45, 7) is 7.69. The van der Waals surface area contributed by atoms with Gasteiger partial charge in [-0.15, -0.1) is 0 Å². The molecule has 1 N–H and O–H groups in total. The van der Waals surface area contributed by atoms with Gasteiger partial charge in [0.25, 0.3) is 0 Å². The van der Waals surface area contributed by atoms with Gasteiger partial charge in [0.2, 0.25) is 0 Å². The van der Waals surface area contributed by atoms with Crippen LogP contribution in [0.3, 0.4) is 0 Å². The maximum atomic E-state index is 4.79. The smallest absolute Gasteiger partial charge is 0.138 e. The largest absolute Gasteiger partial charge is 0.319 e. The Labute approximate surface area is 121 Å². The topological polar surface area (TPSA) is 37.8 Å². The summed E-state index contributed by atoms with van der Waals surface area (Å²) in [7, 11) is 2.03. The Morgan fingerprint density at radius 1 is 1.37 bits per heavy atom. The van der Waals surface area contributed by atoms with Crippen LogP contribution in [-0.2, 0) is 18.6 Å². The molecular formula is C15H25N3S. The van der Waals surface area contributed by atoms with E-state index in [1.807, 2.05) is 18.8 Å². The summed E-state index contributed by atoms with van der Waals surface area (Å²) >= 11 is 1.92. The summed E-state index contributed by atoms with van der Waals surface area (Å²) in [5, 5.41) is 3.93. The van der Waals surface area contributed by atoms with Gasteiger partial charge in [0.15, 0.2) is 0 Å². The summed E-state index contributed by atoms with van der Waals surface area (Å²) in [6, 6.07) is 0. The quantitative estimate of drug-likeness (QED) is 0.899. The molecule has 1 aliphatic rings. The van der Waals surface area contributed by atoms with Crippen LogP contribution in [0.4, 0.5) is 0 Å². The van der Waals surface area contributed by atoms with Crippen molar-refractivity contribution in [3.8, 4) is 0 Å². The lowest BCUT2D eigenvalue weighted by Gasteiger charge is -2.25. The van der Waals surface area contributed by atoms with Gasteiger partial charge in [-0.1, -0.05) is 13.8 Å². The molecule has 106 valence electrons. The summed E-state index contributed by atoms with van der Waals surface area (Å²) in [5.74, 6) is 2.70. The summed E-state index contributed by atoms with van der Waals surface area (Å²) in [5.41, 5.74) is 3.91. The van der Waals surface area contributed by atoms with Gasteiger partial charge in [-0.2, -0.15) is 11.8 Å². The molecule has 2 rings (SSSR count). The Bertz CT molecular complexity index is 432. The third kappa shape index (κ3) is 3.93. The Morgan fingerprint density at radius 2 is 2.16 bits per heavy atom. The van der Waals surface area contributed by atoms with E-state index in [-0.39, 0.29) is 0 Å². The fraction of sp³-hybridized carbons (Fsp3) is 0.733. The summed E-state index contributed by atoms with van der Waals surface area (Å²) in [4.78, 5) is 9.49. The summed E-state index contributed by atoms with van der Waals surface area (Å²) in [6.07, 6.45) is 3.51. The SMILES string of the molecule is CNCC1CCc2nc(CSC(C)C)nc(C)c2C1. The Kier molecular flexibility index (Phi) is 5.22. The van der Waals surface area contributed by atoms with Crippen LogP contribution in [0.15, 0.2) is 0 Å². The van der Waals surface area contributed by atoms with Crippen LogP contribution >= 0.6 is 11.8 Å². The van der Waals surface area contributed by atoms with Gasteiger partial charge in [0.05, 0.1) is 5.75 Å². The number of nitrogens with one attached hydrogen (secondary N) is 1. The van der Waals surface area contributed by atoms with Crippen molar-refractivity contribution < 1.29 is 0 Å². The number of aromatic nitrogens is 2. The monoisotopic (exact) mass is 279 g/mol. The van der Waals surface area contributed by atoms with Gasteiger partial charge in [-0.25, -0.2) is 9.97 Å². The van der Waals surface area contributed by atoms with Gasteiger partial charge in [0.1, 0.15) is 5.82 Å².